The van der Waals surface area contributed by atoms with Crippen molar-refractivity contribution < 1.29 is 17.6 Å². The van der Waals surface area contributed by atoms with Gasteiger partial charge in [0, 0.05) is 6.54 Å². The first kappa shape index (κ1) is 17.4. The third-order valence-electron chi connectivity index (χ3n) is 3.83. The van der Waals surface area contributed by atoms with Gasteiger partial charge in [-0.15, -0.1) is 0 Å². The number of fused-ring (bicyclic) bond motifs is 1. The van der Waals surface area contributed by atoms with E-state index in [1.54, 1.807) is 16.8 Å². The number of carbonyl (C=O) groups excluding carboxylic acids is 1. The molecule has 0 spiro atoms. The highest BCUT2D eigenvalue weighted by Crippen LogP contribution is 2.16. The second-order valence-corrected chi connectivity index (χ2v) is 7.72. The number of benzene rings is 1. The average Bonchev–Trinajstić information content (AvgIpc) is 2.96. The fourth-order valence-electron chi connectivity index (χ4n) is 2.57. The molecule has 0 atom stereocenters. The first-order valence-corrected chi connectivity index (χ1v) is 9.48. The highest BCUT2D eigenvalue weighted by atomic mass is 32.2. The number of urea groups is 1. The molecule has 0 fully saturated rings. The Bertz CT molecular complexity index is 896. The van der Waals surface area contributed by atoms with Crippen molar-refractivity contribution in [3.63, 3.8) is 0 Å². The summed E-state index contributed by atoms with van der Waals surface area (Å²) in [5, 5.41) is 9.37. The number of sulfonamides is 1. The molecule has 2 aromatic rings. The number of para-hydroxylation sites is 1. The Labute approximate surface area is 144 Å². The number of nitrogens with zero attached hydrogens (tertiary/aromatic N) is 3. The van der Waals surface area contributed by atoms with Crippen LogP contribution >= 0.6 is 0 Å². The second-order valence-electron chi connectivity index (χ2n) is 5.73. The Balaban J connectivity index is 1.59. The summed E-state index contributed by atoms with van der Waals surface area (Å²) in [5.74, 6) is -0.518. The van der Waals surface area contributed by atoms with E-state index in [0.717, 1.165) is 5.69 Å². The summed E-state index contributed by atoms with van der Waals surface area (Å²) in [6, 6.07) is 7.08. The Kier molecular flexibility index (Phi) is 4.73. The van der Waals surface area contributed by atoms with Gasteiger partial charge >= 0.3 is 6.03 Å². The molecule has 2 N–H and O–H groups in total. The van der Waals surface area contributed by atoms with E-state index >= 15 is 0 Å². The van der Waals surface area contributed by atoms with Crippen LogP contribution in [0.25, 0.3) is 0 Å². The number of rotatable bonds is 4. The van der Waals surface area contributed by atoms with Gasteiger partial charge in [0.05, 0.1) is 43.0 Å². The summed E-state index contributed by atoms with van der Waals surface area (Å²) in [5.41, 5.74) is 1.46. The lowest BCUT2D eigenvalue weighted by molar-refractivity contribution is 0.251. The summed E-state index contributed by atoms with van der Waals surface area (Å²) < 4.78 is 39.8. The van der Waals surface area contributed by atoms with Crippen molar-refractivity contribution in [2.75, 3.05) is 18.1 Å². The number of aromatic nitrogens is 2. The second kappa shape index (κ2) is 6.81. The molecular formula is C15H18FN5O3S. The predicted molar refractivity (Wildman–Crippen MR) is 89.7 cm³/mol. The van der Waals surface area contributed by atoms with Crippen LogP contribution in [0.2, 0.25) is 0 Å². The number of amides is 2. The van der Waals surface area contributed by atoms with Crippen molar-refractivity contribution >= 4 is 21.7 Å². The van der Waals surface area contributed by atoms with Crippen molar-refractivity contribution in [3.05, 3.63) is 47.5 Å². The van der Waals surface area contributed by atoms with Crippen LogP contribution in [0.5, 0.6) is 0 Å². The third-order valence-corrected chi connectivity index (χ3v) is 5.08. The predicted octanol–water partition coefficient (Wildman–Crippen LogP) is 1.12. The Morgan fingerprint density at radius 3 is 2.80 bits per heavy atom. The molecule has 0 radical (unpaired) electrons. The topological polar surface area (TPSA) is 96.3 Å². The van der Waals surface area contributed by atoms with E-state index in [2.05, 4.69) is 15.7 Å². The minimum absolute atomic E-state index is 0.0907. The Hall–Kier alpha value is -2.46. The molecule has 10 heteroatoms. The standard InChI is InChI=1S/C15H18FN5O3S/c1-25(23,24)20-6-7-21-12(10-20)8-11(19-21)9-17-15(22)18-14-5-3-2-4-13(14)16/h2-5,8H,6-7,9-10H2,1H3,(H2,17,18,22). The van der Waals surface area contributed by atoms with E-state index < -0.39 is 21.9 Å². The third kappa shape index (κ3) is 4.15. The highest BCUT2D eigenvalue weighted by Gasteiger charge is 2.24. The fourth-order valence-corrected chi connectivity index (χ4v) is 3.35. The lowest BCUT2D eigenvalue weighted by atomic mass is 10.3. The quantitative estimate of drug-likeness (QED) is 0.846. The number of nitrogens with one attached hydrogen (secondary N) is 2. The Morgan fingerprint density at radius 2 is 2.08 bits per heavy atom. The Morgan fingerprint density at radius 1 is 1.32 bits per heavy atom. The van der Waals surface area contributed by atoms with E-state index in [-0.39, 0.29) is 18.8 Å². The SMILES string of the molecule is CS(=O)(=O)N1CCn2nc(CNC(=O)Nc3ccccc3F)cc2C1. The molecule has 0 bridgehead atoms. The van der Waals surface area contributed by atoms with Crippen molar-refractivity contribution in [1.82, 2.24) is 19.4 Å². The largest absolute Gasteiger partial charge is 0.332 e. The molecule has 0 saturated heterocycles. The highest BCUT2D eigenvalue weighted by molar-refractivity contribution is 7.88. The molecule has 25 heavy (non-hydrogen) atoms. The minimum Gasteiger partial charge on any atom is -0.332 e. The van der Waals surface area contributed by atoms with Crippen molar-refractivity contribution in [2.24, 2.45) is 0 Å². The van der Waals surface area contributed by atoms with Crippen LogP contribution in [0.3, 0.4) is 0 Å². The summed E-state index contributed by atoms with van der Waals surface area (Å²) in [7, 11) is -3.25. The van der Waals surface area contributed by atoms with Gasteiger partial charge in [0.25, 0.3) is 0 Å². The summed E-state index contributed by atoms with van der Waals surface area (Å²) >= 11 is 0. The van der Waals surface area contributed by atoms with Crippen molar-refractivity contribution in [1.29, 1.82) is 0 Å². The number of carbonyl (C=O) groups is 1. The van der Waals surface area contributed by atoms with Crippen LogP contribution in [0.1, 0.15) is 11.4 Å². The summed E-state index contributed by atoms with van der Waals surface area (Å²) in [6.45, 7) is 1.24. The van der Waals surface area contributed by atoms with E-state index in [0.29, 0.717) is 18.8 Å². The van der Waals surface area contributed by atoms with E-state index in [9.17, 15) is 17.6 Å². The summed E-state index contributed by atoms with van der Waals surface area (Å²) in [6.07, 6.45) is 1.18. The summed E-state index contributed by atoms with van der Waals surface area (Å²) in [4.78, 5) is 11.9. The van der Waals surface area contributed by atoms with Gasteiger partial charge in [0.2, 0.25) is 10.0 Å². The number of halogens is 1. The van der Waals surface area contributed by atoms with Crippen LogP contribution in [0.4, 0.5) is 14.9 Å². The first-order chi connectivity index (χ1) is 11.8. The van der Waals surface area contributed by atoms with E-state index in [1.165, 1.54) is 28.8 Å². The molecular weight excluding hydrogens is 349 g/mol. The van der Waals surface area contributed by atoms with Gasteiger partial charge in [0.1, 0.15) is 5.82 Å². The molecule has 2 heterocycles. The maximum absolute atomic E-state index is 13.5. The zero-order chi connectivity index (χ0) is 18.0. The van der Waals surface area contributed by atoms with Crippen LogP contribution in [-0.2, 0) is 29.7 Å². The normalized spacial score (nSPS) is 14.8. The van der Waals surface area contributed by atoms with Crippen LogP contribution in [0.15, 0.2) is 30.3 Å². The zero-order valence-electron chi connectivity index (χ0n) is 13.6. The number of hydrogen-bond acceptors (Lipinski definition) is 4. The minimum atomic E-state index is -3.25. The molecule has 1 aromatic heterocycles. The monoisotopic (exact) mass is 367 g/mol. The average molecular weight is 367 g/mol. The molecule has 0 aliphatic carbocycles. The lowest BCUT2D eigenvalue weighted by Gasteiger charge is -2.25. The first-order valence-electron chi connectivity index (χ1n) is 7.63. The molecule has 3 rings (SSSR count). The van der Waals surface area contributed by atoms with Crippen LogP contribution < -0.4 is 10.6 Å². The van der Waals surface area contributed by atoms with Crippen LogP contribution in [-0.4, -0.2) is 41.3 Å². The molecule has 2 amide bonds. The van der Waals surface area contributed by atoms with Gasteiger partial charge in [-0.05, 0) is 18.2 Å². The fraction of sp³-hybridized carbons (Fsp3) is 0.333. The van der Waals surface area contributed by atoms with Gasteiger partial charge in [0.15, 0.2) is 0 Å². The molecule has 8 nitrogen and oxygen atoms in total. The maximum Gasteiger partial charge on any atom is 0.319 e. The molecule has 1 aliphatic heterocycles. The van der Waals surface area contributed by atoms with Gasteiger partial charge in [-0.25, -0.2) is 17.6 Å². The van der Waals surface area contributed by atoms with Gasteiger partial charge in [-0.1, -0.05) is 12.1 Å². The number of hydrogen-bond donors (Lipinski definition) is 2. The van der Waals surface area contributed by atoms with Crippen molar-refractivity contribution in [3.8, 4) is 0 Å². The molecule has 0 unspecified atom stereocenters. The van der Waals surface area contributed by atoms with Gasteiger partial charge in [-0.2, -0.15) is 9.40 Å². The molecule has 0 saturated carbocycles. The smallest absolute Gasteiger partial charge is 0.319 e. The van der Waals surface area contributed by atoms with Gasteiger partial charge in [-0.3, -0.25) is 4.68 Å². The number of anilines is 1. The van der Waals surface area contributed by atoms with E-state index in [1.807, 2.05) is 0 Å². The molecule has 1 aliphatic rings. The van der Waals surface area contributed by atoms with Crippen LogP contribution in [0, 0.1) is 5.82 Å². The van der Waals surface area contributed by atoms with E-state index in [4.69, 9.17) is 0 Å². The van der Waals surface area contributed by atoms with Gasteiger partial charge < -0.3 is 10.6 Å². The maximum atomic E-state index is 13.5. The lowest BCUT2D eigenvalue weighted by Crippen LogP contribution is -2.37. The molecule has 1 aromatic carbocycles. The zero-order valence-corrected chi connectivity index (χ0v) is 14.4. The van der Waals surface area contributed by atoms with Crippen molar-refractivity contribution in [2.45, 2.75) is 19.6 Å². The molecule has 134 valence electrons.